The van der Waals surface area contributed by atoms with Crippen LogP contribution in [0.2, 0.25) is 0 Å². The van der Waals surface area contributed by atoms with Gasteiger partial charge >= 0.3 is 5.97 Å². The first-order chi connectivity index (χ1) is 8.46. The molecule has 0 amide bonds. The summed E-state index contributed by atoms with van der Waals surface area (Å²) in [6.07, 6.45) is 0.800. The quantitative estimate of drug-likeness (QED) is 0.137. The number of nitrogens with one attached hydrogen (secondary N) is 1. The molecule has 0 heterocycles. The molecule has 0 aromatic rings. The number of rotatable bonds is 7. The monoisotopic (exact) mass is 249 g/mol. The number of nitrogens with zero attached hydrogens (tertiary/aromatic N) is 3. The molecule has 0 bridgehead atoms. The topological polar surface area (TPSA) is 78.3 Å². The largest absolute Gasteiger partial charge is 0.455 e. The van der Waals surface area contributed by atoms with E-state index in [9.17, 15) is 4.79 Å². The SMILES string of the molecule is [C-]#[N+]CCC[N+](C)(C)CCOC(=O)C(=C=N)C#N. The van der Waals surface area contributed by atoms with Crippen LogP contribution in [-0.2, 0) is 9.53 Å². The number of esters is 1. The Hall–Kier alpha value is -2.14. The van der Waals surface area contributed by atoms with Crippen LogP contribution in [0.3, 0.4) is 0 Å². The molecular weight excluding hydrogens is 232 g/mol. The van der Waals surface area contributed by atoms with E-state index in [1.165, 1.54) is 0 Å². The second-order valence-corrected chi connectivity index (χ2v) is 4.37. The van der Waals surface area contributed by atoms with Crippen molar-refractivity contribution in [2.45, 2.75) is 6.42 Å². The summed E-state index contributed by atoms with van der Waals surface area (Å²) in [6, 6.07) is 1.55. The van der Waals surface area contributed by atoms with Crippen LogP contribution in [0.5, 0.6) is 0 Å². The predicted octanol–water partition coefficient (Wildman–Crippen LogP) is 0.614. The minimum atomic E-state index is -0.811. The molecule has 0 aliphatic heterocycles. The maximum absolute atomic E-state index is 11.2. The van der Waals surface area contributed by atoms with Gasteiger partial charge in [0.15, 0.2) is 5.57 Å². The summed E-state index contributed by atoms with van der Waals surface area (Å²) in [4.78, 5) is 14.5. The van der Waals surface area contributed by atoms with E-state index in [-0.39, 0.29) is 6.61 Å². The minimum Gasteiger partial charge on any atom is -0.455 e. The van der Waals surface area contributed by atoms with Crippen LogP contribution in [0.1, 0.15) is 6.42 Å². The first kappa shape index (κ1) is 15.9. The van der Waals surface area contributed by atoms with Crippen LogP contribution >= 0.6 is 0 Å². The molecule has 1 N–H and O–H groups in total. The molecule has 0 saturated heterocycles. The van der Waals surface area contributed by atoms with Crippen LogP contribution in [-0.4, -0.2) is 56.7 Å². The van der Waals surface area contributed by atoms with Crippen molar-refractivity contribution in [3.8, 4) is 6.07 Å². The van der Waals surface area contributed by atoms with Gasteiger partial charge in [-0.15, -0.1) is 0 Å². The Morgan fingerprint density at radius 1 is 1.50 bits per heavy atom. The summed E-state index contributed by atoms with van der Waals surface area (Å²) in [7, 11) is 3.96. The van der Waals surface area contributed by atoms with E-state index in [0.29, 0.717) is 17.6 Å². The summed E-state index contributed by atoms with van der Waals surface area (Å²) < 4.78 is 5.51. The van der Waals surface area contributed by atoms with Crippen molar-refractivity contribution >= 4 is 11.8 Å². The number of carbonyl (C=O) groups excluding carboxylic acids is 1. The second-order valence-electron chi connectivity index (χ2n) is 4.37. The van der Waals surface area contributed by atoms with Crippen molar-refractivity contribution in [2.24, 2.45) is 0 Å². The highest BCUT2D eigenvalue weighted by Gasteiger charge is 2.17. The zero-order valence-electron chi connectivity index (χ0n) is 10.7. The lowest BCUT2D eigenvalue weighted by atomic mass is 10.3. The molecule has 0 radical (unpaired) electrons. The number of hydrogen-bond donors (Lipinski definition) is 1. The zero-order chi connectivity index (χ0) is 14.0. The molecule has 0 aliphatic carbocycles. The highest BCUT2D eigenvalue weighted by atomic mass is 16.5. The molecule has 0 saturated carbocycles. The molecule has 6 nitrogen and oxygen atoms in total. The number of quaternary nitrogens is 1. The van der Waals surface area contributed by atoms with Gasteiger partial charge in [0.25, 0.3) is 0 Å². The standard InChI is InChI=1S/C12H17N4O2/c1-15-5-4-6-16(2,3)7-8-18-12(17)11(9-13)10-14/h13H,4-8H2,2-3H3/q+1. The third-order valence-electron chi connectivity index (χ3n) is 2.40. The Labute approximate surface area is 107 Å². The molecule has 96 valence electrons. The fourth-order valence-corrected chi connectivity index (χ4v) is 1.27. The summed E-state index contributed by atoms with van der Waals surface area (Å²) in [5.41, 5.74) is -0.423. The lowest BCUT2D eigenvalue weighted by Crippen LogP contribution is -2.43. The third-order valence-corrected chi connectivity index (χ3v) is 2.40. The fourth-order valence-electron chi connectivity index (χ4n) is 1.27. The number of hydrogen-bond acceptors (Lipinski definition) is 4. The highest BCUT2D eigenvalue weighted by molar-refractivity contribution is 6.01. The molecule has 0 fully saturated rings. The smallest absolute Gasteiger partial charge is 0.358 e. The van der Waals surface area contributed by atoms with Crippen molar-refractivity contribution in [2.75, 3.05) is 40.3 Å². The second kappa shape index (κ2) is 8.03. The molecule has 0 aliphatic rings. The van der Waals surface area contributed by atoms with Crippen LogP contribution in [0.15, 0.2) is 5.57 Å². The number of nitriles is 1. The van der Waals surface area contributed by atoms with Crippen molar-refractivity contribution in [1.29, 1.82) is 10.7 Å². The number of likely N-dealkylation sites (N-methyl/N-ethyl adjacent to an activating group) is 1. The van der Waals surface area contributed by atoms with E-state index >= 15 is 0 Å². The van der Waals surface area contributed by atoms with Gasteiger partial charge in [0.1, 0.15) is 19.2 Å². The summed E-state index contributed by atoms with van der Waals surface area (Å²) in [5.74, 6) is 0.922. The fraction of sp³-hybridized carbons (Fsp3) is 0.583. The Morgan fingerprint density at radius 2 is 2.17 bits per heavy atom. The van der Waals surface area contributed by atoms with Crippen LogP contribution in [0, 0.1) is 23.3 Å². The molecule has 18 heavy (non-hydrogen) atoms. The molecular formula is C12H17N4O2+. The van der Waals surface area contributed by atoms with Gasteiger partial charge in [-0.1, -0.05) is 0 Å². The van der Waals surface area contributed by atoms with E-state index in [2.05, 4.69) is 4.85 Å². The number of carbonyl (C=O) groups is 1. The first-order valence-corrected chi connectivity index (χ1v) is 5.49. The molecule has 0 unspecified atom stereocenters. The maximum Gasteiger partial charge on any atom is 0.358 e. The zero-order valence-corrected chi connectivity index (χ0v) is 10.7. The molecule has 0 spiro atoms. The van der Waals surface area contributed by atoms with Gasteiger partial charge < -0.3 is 14.1 Å². The Balaban J connectivity index is 4.04. The Bertz CT molecular complexity index is 422. The third kappa shape index (κ3) is 6.44. The first-order valence-electron chi connectivity index (χ1n) is 5.49. The Kier molecular flexibility index (Phi) is 7.07. The van der Waals surface area contributed by atoms with Gasteiger partial charge in [-0.2, -0.15) is 5.26 Å². The lowest BCUT2D eigenvalue weighted by Gasteiger charge is -2.28. The molecule has 0 rings (SSSR count). The average molecular weight is 249 g/mol. The van der Waals surface area contributed by atoms with Gasteiger partial charge in [-0.25, -0.2) is 11.4 Å². The van der Waals surface area contributed by atoms with E-state index in [0.717, 1.165) is 13.0 Å². The van der Waals surface area contributed by atoms with Crippen LogP contribution in [0.25, 0.3) is 4.85 Å². The van der Waals surface area contributed by atoms with E-state index in [4.69, 9.17) is 22.0 Å². The summed E-state index contributed by atoms with van der Waals surface area (Å²) in [6.45, 7) is 8.78. The van der Waals surface area contributed by atoms with Gasteiger partial charge in [0.05, 0.1) is 27.1 Å². The molecule has 0 aromatic carbocycles. The molecule has 0 aromatic heterocycles. The van der Waals surface area contributed by atoms with Gasteiger partial charge in [-0.05, 0) is 0 Å². The van der Waals surface area contributed by atoms with Gasteiger partial charge in [0, 0.05) is 5.87 Å². The predicted molar refractivity (Wildman–Crippen MR) is 65.7 cm³/mol. The Morgan fingerprint density at radius 3 is 2.67 bits per heavy atom. The van der Waals surface area contributed by atoms with Crippen LogP contribution < -0.4 is 0 Å². The van der Waals surface area contributed by atoms with E-state index in [1.54, 1.807) is 11.9 Å². The normalized spacial score (nSPS) is 9.78. The molecule has 6 heteroatoms. The van der Waals surface area contributed by atoms with Crippen molar-refractivity contribution in [3.05, 3.63) is 17.0 Å². The van der Waals surface area contributed by atoms with Crippen LogP contribution in [0.4, 0.5) is 0 Å². The number of ether oxygens (including phenoxy) is 1. The summed E-state index contributed by atoms with van der Waals surface area (Å²) >= 11 is 0. The lowest BCUT2D eigenvalue weighted by molar-refractivity contribution is -0.890. The van der Waals surface area contributed by atoms with Gasteiger partial charge in [-0.3, -0.25) is 5.41 Å². The van der Waals surface area contributed by atoms with Crippen molar-refractivity contribution in [1.82, 2.24) is 0 Å². The van der Waals surface area contributed by atoms with Gasteiger partial charge in [0.2, 0.25) is 6.54 Å². The minimum absolute atomic E-state index is 0.177. The summed E-state index contributed by atoms with van der Waals surface area (Å²) in [5, 5.41) is 15.2. The van der Waals surface area contributed by atoms with E-state index < -0.39 is 11.5 Å². The van der Waals surface area contributed by atoms with Crippen molar-refractivity contribution < 1.29 is 14.0 Å². The highest BCUT2D eigenvalue weighted by Crippen LogP contribution is 2.00. The average Bonchev–Trinajstić information content (AvgIpc) is 2.30. The van der Waals surface area contributed by atoms with E-state index in [1.807, 2.05) is 14.1 Å². The van der Waals surface area contributed by atoms with Crippen molar-refractivity contribution in [3.63, 3.8) is 0 Å². The molecule has 0 atom stereocenters. The maximum atomic E-state index is 11.2.